The molecule has 0 saturated heterocycles. The molecule has 1 amide bonds. The predicted octanol–water partition coefficient (Wildman–Crippen LogP) is 4.42. The molecule has 0 aliphatic carbocycles. The van der Waals surface area contributed by atoms with Crippen LogP contribution in [0.2, 0.25) is 10.0 Å². The van der Waals surface area contributed by atoms with Gasteiger partial charge in [0.25, 0.3) is 0 Å². The molecule has 116 valence electrons. The van der Waals surface area contributed by atoms with E-state index in [0.717, 1.165) is 16.9 Å². The minimum atomic E-state index is -0.192. The van der Waals surface area contributed by atoms with E-state index in [1.54, 1.807) is 19.2 Å². The third-order valence-corrected chi connectivity index (χ3v) is 3.87. The van der Waals surface area contributed by atoms with E-state index in [-0.39, 0.29) is 18.4 Å². The molecule has 0 aromatic heterocycles. The van der Waals surface area contributed by atoms with Gasteiger partial charge in [0, 0.05) is 10.0 Å². The molecule has 5 heteroatoms. The lowest BCUT2D eigenvalue weighted by Gasteiger charge is -2.16. The molecule has 2 aromatic carbocycles. The van der Waals surface area contributed by atoms with E-state index >= 15 is 0 Å². The number of carbonyl (C=O) groups is 1. The fraction of sp³-hybridized carbons (Fsp3) is 0.235. The molecule has 2 aromatic rings. The Morgan fingerprint density at radius 2 is 2.00 bits per heavy atom. The normalized spacial score (nSPS) is 11.8. The summed E-state index contributed by atoms with van der Waals surface area (Å²) >= 11 is 12.0. The average molecular weight is 338 g/mol. The van der Waals surface area contributed by atoms with Crippen molar-refractivity contribution in [2.24, 2.45) is 0 Å². The number of methoxy groups -OCH3 is 1. The van der Waals surface area contributed by atoms with E-state index in [9.17, 15) is 4.79 Å². The van der Waals surface area contributed by atoms with Crippen LogP contribution >= 0.6 is 23.2 Å². The molecule has 22 heavy (non-hydrogen) atoms. The van der Waals surface area contributed by atoms with E-state index in [0.29, 0.717) is 10.0 Å². The first-order valence-corrected chi connectivity index (χ1v) is 7.62. The molecule has 1 unspecified atom stereocenters. The second kappa shape index (κ2) is 7.52. The van der Waals surface area contributed by atoms with Gasteiger partial charge < -0.3 is 10.1 Å². The van der Waals surface area contributed by atoms with Crippen LogP contribution < -0.4 is 10.1 Å². The van der Waals surface area contributed by atoms with Gasteiger partial charge >= 0.3 is 0 Å². The zero-order valence-electron chi connectivity index (χ0n) is 12.4. The Morgan fingerprint density at radius 1 is 1.23 bits per heavy atom. The number of ether oxygens (including phenoxy) is 1. The first-order chi connectivity index (χ1) is 10.5. The number of nitrogens with one attached hydrogen (secondary N) is 1. The van der Waals surface area contributed by atoms with E-state index in [1.165, 1.54) is 0 Å². The van der Waals surface area contributed by atoms with Crippen LogP contribution in [0.1, 0.15) is 24.1 Å². The SMILES string of the molecule is COc1cccc(CC(=O)NC(C)c2ccc(Cl)cc2Cl)c1. The minimum Gasteiger partial charge on any atom is -0.497 e. The van der Waals surface area contributed by atoms with Crippen LogP contribution in [0.4, 0.5) is 0 Å². The summed E-state index contributed by atoms with van der Waals surface area (Å²) < 4.78 is 5.15. The number of hydrogen-bond donors (Lipinski definition) is 1. The van der Waals surface area contributed by atoms with Crippen LogP contribution in [-0.2, 0) is 11.2 Å². The Morgan fingerprint density at radius 3 is 2.68 bits per heavy atom. The highest BCUT2D eigenvalue weighted by Crippen LogP contribution is 2.26. The van der Waals surface area contributed by atoms with Gasteiger partial charge in [-0.25, -0.2) is 0 Å². The van der Waals surface area contributed by atoms with Crippen LogP contribution in [0.25, 0.3) is 0 Å². The van der Waals surface area contributed by atoms with Crippen LogP contribution in [-0.4, -0.2) is 13.0 Å². The van der Waals surface area contributed by atoms with Gasteiger partial charge in [-0.3, -0.25) is 4.79 Å². The van der Waals surface area contributed by atoms with Crippen LogP contribution in [0, 0.1) is 0 Å². The van der Waals surface area contributed by atoms with Crippen molar-refractivity contribution in [1.82, 2.24) is 5.32 Å². The van der Waals surface area contributed by atoms with Crippen molar-refractivity contribution >= 4 is 29.1 Å². The molecule has 3 nitrogen and oxygen atoms in total. The summed E-state index contributed by atoms with van der Waals surface area (Å²) in [4.78, 5) is 12.2. The molecule has 0 saturated carbocycles. The Labute approximate surface area is 140 Å². The molecular formula is C17H17Cl2NO2. The van der Waals surface area contributed by atoms with Gasteiger partial charge in [-0.05, 0) is 42.3 Å². The van der Waals surface area contributed by atoms with Crippen molar-refractivity contribution in [1.29, 1.82) is 0 Å². The number of amides is 1. The van der Waals surface area contributed by atoms with E-state index in [4.69, 9.17) is 27.9 Å². The summed E-state index contributed by atoms with van der Waals surface area (Å²) in [7, 11) is 1.60. The molecule has 2 rings (SSSR count). The summed E-state index contributed by atoms with van der Waals surface area (Å²) in [6.07, 6.45) is 0.284. The summed E-state index contributed by atoms with van der Waals surface area (Å²) in [6.45, 7) is 1.89. The molecule has 1 N–H and O–H groups in total. The summed E-state index contributed by atoms with van der Waals surface area (Å²) in [5.41, 5.74) is 1.73. The maximum absolute atomic E-state index is 12.2. The van der Waals surface area contributed by atoms with Crippen LogP contribution in [0.15, 0.2) is 42.5 Å². The van der Waals surface area contributed by atoms with Crippen molar-refractivity contribution in [2.45, 2.75) is 19.4 Å². The Balaban J connectivity index is 2.01. The zero-order valence-corrected chi connectivity index (χ0v) is 13.9. The van der Waals surface area contributed by atoms with Crippen molar-refractivity contribution in [3.8, 4) is 5.75 Å². The first-order valence-electron chi connectivity index (χ1n) is 6.87. The third kappa shape index (κ3) is 4.39. The fourth-order valence-electron chi connectivity index (χ4n) is 2.19. The van der Waals surface area contributed by atoms with E-state index in [1.807, 2.05) is 37.3 Å². The summed E-state index contributed by atoms with van der Waals surface area (Å²) in [5, 5.41) is 4.05. The molecule has 0 fully saturated rings. The molecule has 0 aliphatic rings. The van der Waals surface area contributed by atoms with E-state index in [2.05, 4.69) is 5.32 Å². The topological polar surface area (TPSA) is 38.3 Å². The highest BCUT2D eigenvalue weighted by atomic mass is 35.5. The average Bonchev–Trinajstić information content (AvgIpc) is 2.47. The maximum atomic E-state index is 12.2. The third-order valence-electron chi connectivity index (χ3n) is 3.31. The number of carbonyl (C=O) groups excluding carboxylic acids is 1. The fourth-order valence-corrected chi connectivity index (χ4v) is 2.76. The minimum absolute atomic E-state index is 0.0771. The van der Waals surface area contributed by atoms with Gasteiger partial charge in [0.15, 0.2) is 0 Å². The second-order valence-corrected chi connectivity index (χ2v) is 5.83. The number of halogens is 2. The maximum Gasteiger partial charge on any atom is 0.224 e. The number of benzene rings is 2. The quantitative estimate of drug-likeness (QED) is 0.876. The smallest absolute Gasteiger partial charge is 0.224 e. The first kappa shape index (κ1) is 16.7. The Kier molecular flexibility index (Phi) is 5.69. The van der Waals surface area contributed by atoms with Gasteiger partial charge in [0.1, 0.15) is 5.75 Å². The molecule has 0 radical (unpaired) electrons. The summed E-state index contributed by atoms with van der Waals surface area (Å²) in [6, 6.07) is 12.5. The van der Waals surface area contributed by atoms with Crippen molar-refractivity contribution in [3.05, 3.63) is 63.6 Å². The molecule has 0 spiro atoms. The van der Waals surface area contributed by atoms with Gasteiger partial charge in [-0.1, -0.05) is 41.4 Å². The summed E-state index contributed by atoms with van der Waals surface area (Å²) in [5.74, 6) is 0.658. The molecule has 1 atom stereocenters. The number of rotatable bonds is 5. The lowest BCUT2D eigenvalue weighted by atomic mass is 10.1. The van der Waals surface area contributed by atoms with Crippen LogP contribution in [0.5, 0.6) is 5.75 Å². The lowest BCUT2D eigenvalue weighted by molar-refractivity contribution is -0.121. The van der Waals surface area contributed by atoms with Gasteiger partial charge in [-0.2, -0.15) is 0 Å². The highest BCUT2D eigenvalue weighted by molar-refractivity contribution is 6.35. The predicted molar refractivity (Wildman–Crippen MR) is 89.7 cm³/mol. The zero-order chi connectivity index (χ0) is 16.1. The van der Waals surface area contributed by atoms with Gasteiger partial charge in [-0.15, -0.1) is 0 Å². The van der Waals surface area contributed by atoms with Crippen molar-refractivity contribution in [2.75, 3.05) is 7.11 Å². The Bertz CT molecular complexity index is 673. The molecular weight excluding hydrogens is 321 g/mol. The second-order valence-electron chi connectivity index (χ2n) is 4.98. The largest absolute Gasteiger partial charge is 0.497 e. The van der Waals surface area contributed by atoms with Crippen molar-refractivity contribution < 1.29 is 9.53 Å². The highest BCUT2D eigenvalue weighted by Gasteiger charge is 2.13. The Hall–Kier alpha value is -1.71. The monoisotopic (exact) mass is 337 g/mol. The van der Waals surface area contributed by atoms with Gasteiger partial charge in [0.05, 0.1) is 19.6 Å². The molecule has 0 bridgehead atoms. The lowest BCUT2D eigenvalue weighted by Crippen LogP contribution is -2.28. The van der Waals surface area contributed by atoms with Crippen molar-refractivity contribution in [3.63, 3.8) is 0 Å². The number of hydrogen-bond acceptors (Lipinski definition) is 2. The molecule has 0 aliphatic heterocycles. The van der Waals surface area contributed by atoms with Gasteiger partial charge in [0.2, 0.25) is 5.91 Å². The molecule has 0 heterocycles. The van der Waals surface area contributed by atoms with Crippen LogP contribution in [0.3, 0.4) is 0 Å². The standard InChI is InChI=1S/C17H17Cl2NO2/c1-11(15-7-6-13(18)10-16(15)19)20-17(21)9-12-4-3-5-14(8-12)22-2/h3-8,10-11H,9H2,1-2H3,(H,20,21). The van der Waals surface area contributed by atoms with E-state index < -0.39 is 0 Å².